The zero-order valence-corrected chi connectivity index (χ0v) is 12.6. The van der Waals surface area contributed by atoms with E-state index in [4.69, 9.17) is 4.42 Å². The van der Waals surface area contributed by atoms with E-state index in [1.807, 2.05) is 0 Å². The third kappa shape index (κ3) is 4.16. The van der Waals surface area contributed by atoms with Crippen LogP contribution in [0.1, 0.15) is 10.6 Å². The fourth-order valence-corrected chi connectivity index (χ4v) is 1.80. The van der Waals surface area contributed by atoms with Gasteiger partial charge in [0.25, 0.3) is 5.91 Å². The topological polar surface area (TPSA) is 114 Å². The number of halogens is 1. The van der Waals surface area contributed by atoms with Crippen molar-refractivity contribution in [1.82, 2.24) is 5.32 Å². The maximum absolute atomic E-state index is 11.7. The number of amides is 2. The molecule has 0 aliphatic carbocycles. The molecule has 2 rings (SSSR count). The van der Waals surface area contributed by atoms with Crippen LogP contribution in [0.15, 0.2) is 45.3 Å². The number of anilines is 1. The first-order valence-corrected chi connectivity index (χ1v) is 6.83. The summed E-state index contributed by atoms with van der Waals surface area (Å²) in [5.74, 6) is -1.91. The number of rotatable bonds is 5. The molecule has 0 unspecified atom stereocenters. The van der Waals surface area contributed by atoms with Crippen molar-refractivity contribution in [2.75, 3.05) is 11.9 Å². The van der Waals surface area contributed by atoms with E-state index in [1.165, 1.54) is 6.07 Å². The van der Waals surface area contributed by atoms with Gasteiger partial charge >= 0.3 is 5.88 Å². The molecule has 0 spiro atoms. The Balaban J connectivity index is 1.86. The van der Waals surface area contributed by atoms with Gasteiger partial charge in [-0.15, -0.1) is 0 Å². The second kappa shape index (κ2) is 6.85. The first-order chi connectivity index (χ1) is 10.5. The fourth-order valence-electron chi connectivity index (χ4n) is 1.53. The van der Waals surface area contributed by atoms with Crippen molar-refractivity contribution in [3.05, 3.63) is 56.7 Å². The Labute approximate surface area is 132 Å². The Morgan fingerprint density at radius 2 is 1.86 bits per heavy atom. The van der Waals surface area contributed by atoms with Crippen molar-refractivity contribution in [2.24, 2.45) is 0 Å². The smallest absolute Gasteiger partial charge is 0.395 e. The van der Waals surface area contributed by atoms with Crippen LogP contribution in [-0.4, -0.2) is 23.3 Å². The van der Waals surface area contributed by atoms with E-state index in [9.17, 15) is 19.7 Å². The molecular weight excluding hydrogens is 358 g/mol. The number of carbonyl (C=O) groups excluding carboxylic acids is 2. The highest BCUT2D eigenvalue weighted by atomic mass is 79.9. The maximum atomic E-state index is 11.7. The van der Waals surface area contributed by atoms with Crippen LogP contribution in [0.5, 0.6) is 0 Å². The van der Waals surface area contributed by atoms with Gasteiger partial charge in [-0.2, -0.15) is 0 Å². The highest BCUT2D eigenvalue weighted by Crippen LogP contribution is 2.15. The van der Waals surface area contributed by atoms with E-state index in [1.54, 1.807) is 24.3 Å². The molecule has 1 aromatic carbocycles. The third-order valence-corrected chi connectivity index (χ3v) is 3.06. The summed E-state index contributed by atoms with van der Waals surface area (Å²) in [6.07, 6.45) is 0. The van der Waals surface area contributed by atoms with Gasteiger partial charge in [0.1, 0.15) is 4.92 Å². The van der Waals surface area contributed by atoms with Crippen LogP contribution in [0.2, 0.25) is 0 Å². The zero-order chi connectivity index (χ0) is 16.1. The van der Waals surface area contributed by atoms with Gasteiger partial charge in [0, 0.05) is 10.2 Å². The number of benzene rings is 1. The van der Waals surface area contributed by atoms with Gasteiger partial charge in [-0.25, -0.2) is 0 Å². The molecule has 2 N–H and O–H groups in total. The van der Waals surface area contributed by atoms with E-state index in [-0.39, 0.29) is 12.3 Å². The number of carbonyl (C=O) groups is 2. The van der Waals surface area contributed by atoms with E-state index in [2.05, 4.69) is 26.6 Å². The second-order valence-electron chi connectivity index (χ2n) is 4.13. The standard InChI is InChI=1S/C13H10BrN3O5/c14-8-1-3-9(4-2-8)16-11(18)7-15-13(19)10-5-6-12(22-10)17(20)21/h1-6H,7H2,(H,15,19)(H,16,18). The molecule has 0 saturated carbocycles. The average molecular weight is 368 g/mol. The largest absolute Gasteiger partial charge is 0.433 e. The van der Waals surface area contributed by atoms with Gasteiger partial charge in [-0.1, -0.05) is 15.9 Å². The molecule has 8 nitrogen and oxygen atoms in total. The van der Waals surface area contributed by atoms with Crippen molar-refractivity contribution >= 4 is 39.3 Å². The summed E-state index contributed by atoms with van der Waals surface area (Å²) in [6.45, 7) is -0.288. The molecule has 1 aromatic heterocycles. The quantitative estimate of drug-likeness (QED) is 0.621. The number of nitrogens with one attached hydrogen (secondary N) is 2. The number of nitrogens with zero attached hydrogens (tertiary/aromatic N) is 1. The number of hydrogen-bond donors (Lipinski definition) is 2. The predicted octanol–water partition coefficient (Wildman–Crippen LogP) is 2.32. The summed E-state index contributed by atoms with van der Waals surface area (Å²) in [4.78, 5) is 33.0. The van der Waals surface area contributed by atoms with E-state index in [0.717, 1.165) is 10.5 Å². The Hall–Kier alpha value is -2.68. The van der Waals surface area contributed by atoms with Crippen molar-refractivity contribution in [2.45, 2.75) is 0 Å². The first kappa shape index (κ1) is 15.7. The zero-order valence-electron chi connectivity index (χ0n) is 11.0. The summed E-state index contributed by atoms with van der Waals surface area (Å²) in [5.41, 5.74) is 0.580. The van der Waals surface area contributed by atoms with Gasteiger partial charge in [0.15, 0.2) is 5.76 Å². The lowest BCUT2D eigenvalue weighted by atomic mass is 10.3. The summed E-state index contributed by atoms with van der Waals surface area (Å²) in [6, 6.07) is 9.14. The Morgan fingerprint density at radius 1 is 1.18 bits per heavy atom. The van der Waals surface area contributed by atoms with Crippen molar-refractivity contribution in [3.8, 4) is 0 Å². The van der Waals surface area contributed by atoms with Gasteiger partial charge in [-0.3, -0.25) is 19.7 Å². The molecule has 0 aliphatic heterocycles. The minimum absolute atomic E-state index is 0.233. The molecular formula is C13H10BrN3O5. The summed E-state index contributed by atoms with van der Waals surface area (Å²) < 4.78 is 5.60. The van der Waals surface area contributed by atoms with E-state index >= 15 is 0 Å². The molecule has 0 radical (unpaired) electrons. The second-order valence-corrected chi connectivity index (χ2v) is 5.05. The molecule has 0 bridgehead atoms. The van der Waals surface area contributed by atoms with Crippen LogP contribution in [0, 0.1) is 10.1 Å². The lowest BCUT2D eigenvalue weighted by molar-refractivity contribution is -0.402. The molecule has 2 aromatic rings. The minimum atomic E-state index is -0.753. The van der Waals surface area contributed by atoms with Gasteiger partial charge in [-0.05, 0) is 30.3 Å². The summed E-state index contributed by atoms with van der Waals surface area (Å²) in [5, 5.41) is 15.3. The molecule has 0 fully saturated rings. The Kier molecular flexibility index (Phi) is 4.89. The molecule has 22 heavy (non-hydrogen) atoms. The summed E-state index contributed by atoms with van der Waals surface area (Å²) in [7, 11) is 0. The Morgan fingerprint density at radius 3 is 2.45 bits per heavy atom. The lowest BCUT2D eigenvalue weighted by Crippen LogP contribution is -2.32. The Bertz CT molecular complexity index is 711. The summed E-state index contributed by atoms with van der Waals surface area (Å²) >= 11 is 3.27. The van der Waals surface area contributed by atoms with Gasteiger partial charge < -0.3 is 15.1 Å². The third-order valence-electron chi connectivity index (χ3n) is 2.53. The first-order valence-electron chi connectivity index (χ1n) is 6.03. The van der Waals surface area contributed by atoms with Gasteiger partial charge in [0.05, 0.1) is 12.6 Å². The van der Waals surface area contributed by atoms with E-state index in [0.29, 0.717) is 5.69 Å². The van der Waals surface area contributed by atoms with Crippen LogP contribution in [0.3, 0.4) is 0 Å². The van der Waals surface area contributed by atoms with Crippen molar-refractivity contribution in [1.29, 1.82) is 0 Å². The highest BCUT2D eigenvalue weighted by molar-refractivity contribution is 9.10. The number of furan rings is 1. The van der Waals surface area contributed by atoms with Crippen LogP contribution in [-0.2, 0) is 4.79 Å². The fraction of sp³-hybridized carbons (Fsp3) is 0.0769. The number of nitro groups is 1. The van der Waals surface area contributed by atoms with Crippen LogP contribution >= 0.6 is 15.9 Å². The molecule has 9 heteroatoms. The molecule has 0 aliphatic rings. The predicted molar refractivity (Wildman–Crippen MR) is 80.5 cm³/mol. The van der Waals surface area contributed by atoms with E-state index < -0.39 is 22.6 Å². The average Bonchev–Trinajstić information content (AvgIpc) is 2.97. The number of hydrogen-bond acceptors (Lipinski definition) is 5. The minimum Gasteiger partial charge on any atom is -0.395 e. The molecule has 2 amide bonds. The molecule has 0 atom stereocenters. The molecule has 1 heterocycles. The maximum Gasteiger partial charge on any atom is 0.433 e. The SMILES string of the molecule is O=C(CNC(=O)c1ccc([N+](=O)[O-])o1)Nc1ccc(Br)cc1. The van der Waals surface area contributed by atoms with Crippen molar-refractivity contribution in [3.63, 3.8) is 0 Å². The van der Waals surface area contributed by atoms with Crippen molar-refractivity contribution < 1.29 is 18.9 Å². The highest BCUT2D eigenvalue weighted by Gasteiger charge is 2.17. The lowest BCUT2D eigenvalue weighted by Gasteiger charge is -2.06. The normalized spacial score (nSPS) is 10.0. The van der Waals surface area contributed by atoms with Crippen LogP contribution in [0.25, 0.3) is 0 Å². The van der Waals surface area contributed by atoms with Crippen LogP contribution in [0.4, 0.5) is 11.6 Å². The molecule has 114 valence electrons. The van der Waals surface area contributed by atoms with Gasteiger partial charge in [0.2, 0.25) is 5.91 Å². The van der Waals surface area contributed by atoms with Crippen LogP contribution < -0.4 is 10.6 Å². The molecule has 0 saturated heterocycles. The monoisotopic (exact) mass is 367 g/mol.